The summed E-state index contributed by atoms with van der Waals surface area (Å²) >= 11 is 3.24. The summed E-state index contributed by atoms with van der Waals surface area (Å²) in [5, 5.41) is 5.71. The van der Waals surface area contributed by atoms with Gasteiger partial charge in [-0.3, -0.25) is 5.10 Å². The Hall–Kier alpha value is -1.30. The molecule has 17 heavy (non-hydrogen) atoms. The van der Waals surface area contributed by atoms with Gasteiger partial charge in [-0.25, -0.2) is 0 Å². The lowest BCUT2D eigenvalue weighted by Crippen LogP contribution is -2.07. The van der Waals surface area contributed by atoms with Crippen molar-refractivity contribution in [3.8, 4) is 11.1 Å². The quantitative estimate of drug-likeness (QED) is 0.842. The first-order valence-corrected chi connectivity index (χ1v) is 5.57. The number of hydrogen-bond donors (Lipinski definition) is 1. The van der Waals surface area contributed by atoms with Crippen LogP contribution in [-0.2, 0) is 6.18 Å². The minimum Gasteiger partial charge on any atom is -0.282 e. The van der Waals surface area contributed by atoms with Gasteiger partial charge in [-0.1, -0.05) is 34.1 Å². The average Bonchev–Trinajstić information content (AvgIpc) is 2.60. The minimum absolute atomic E-state index is 0.0879. The standard InChI is InChI=1S/C11H8BrF3N2/c1-6-9(7-4-2-3-5-8(7)12)10(17-16-6)11(13,14)15/h2-5H,1H3,(H,16,17). The van der Waals surface area contributed by atoms with Crippen LogP contribution in [0.25, 0.3) is 11.1 Å². The van der Waals surface area contributed by atoms with E-state index in [0.717, 1.165) is 0 Å². The number of H-pyrrole nitrogens is 1. The number of rotatable bonds is 1. The van der Waals surface area contributed by atoms with Gasteiger partial charge in [0.05, 0.1) is 0 Å². The van der Waals surface area contributed by atoms with E-state index in [9.17, 15) is 13.2 Å². The fraction of sp³-hybridized carbons (Fsp3) is 0.182. The molecule has 0 saturated carbocycles. The number of alkyl halides is 3. The topological polar surface area (TPSA) is 28.7 Å². The monoisotopic (exact) mass is 304 g/mol. The molecule has 0 saturated heterocycles. The van der Waals surface area contributed by atoms with Gasteiger partial charge in [0.2, 0.25) is 0 Å². The Labute approximate surface area is 104 Å². The molecule has 6 heteroatoms. The Bertz CT molecular complexity index is 546. The third-order valence-corrected chi connectivity index (χ3v) is 3.05. The van der Waals surface area contributed by atoms with Crippen molar-refractivity contribution in [1.82, 2.24) is 10.2 Å². The lowest BCUT2D eigenvalue weighted by Gasteiger charge is -2.08. The number of hydrogen-bond acceptors (Lipinski definition) is 1. The molecule has 0 aliphatic rings. The summed E-state index contributed by atoms with van der Waals surface area (Å²) in [4.78, 5) is 0. The zero-order valence-corrected chi connectivity index (χ0v) is 10.4. The number of aryl methyl sites for hydroxylation is 1. The zero-order valence-electron chi connectivity index (χ0n) is 8.77. The second-order valence-corrected chi connectivity index (χ2v) is 4.40. The first-order valence-electron chi connectivity index (χ1n) is 4.78. The Morgan fingerprint density at radius 1 is 1.24 bits per heavy atom. The van der Waals surface area contributed by atoms with E-state index in [-0.39, 0.29) is 5.56 Å². The summed E-state index contributed by atoms with van der Waals surface area (Å²) in [7, 11) is 0. The molecule has 0 aliphatic heterocycles. The number of aromatic nitrogens is 2. The Balaban J connectivity index is 2.68. The molecular formula is C11H8BrF3N2. The van der Waals surface area contributed by atoms with Crippen molar-refractivity contribution < 1.29 is 13.2 Å². The van der Waals surface area contributed by atoms with E-state index in [1.54, 1.807) is 31.2 Å². The van der Waals surface area contributed by atoms with Crippen molar-refractivity contribution in [3.05, 3.63) is 40.1 Å². The predicted molar refractivity (Wildman–Crippen MR) is 61.5 cm³/mol. The highest BCUT2D eigenvalue weighted by Gasteiger charge is 2.38. The van der Waals surface area contributed by atoms with E-state index in [0.29, 0.717) is 15.7 Å². The van der Waals surface area contributed by atoms with Crippen LogP contribution in [0.1, 0.15) is 11.4 Å². The van der Waals surface area contributed by atoms with Crippen LogP contribution in [0.2, 0.25) is 0 Å². The van der Waals surface area contributed by atoms with E-state index in [4.69, 9.17) is 0 Å². The summed E-state index contributed by atoms with van der Waals surface area (Å²) < 4.78 is 39.0. The summed E-state index contributed by atoms with van der Waals surface area (Å²) in [6.07, 6.45) is -4.46. The van der Waals surface area contributed by atoms with E-state index in [1.165, 1.54) is 0 Å². The fourth-order valence-electron chi connectivity index (χ4n) is 1.63. The largest absolute Gasteiger partial charge is 0.435 e. The Morgan fingerprint density at radius 3 is 2.47 bits per heavy atom. The number of nitrogens with zero attached hydrogens (tertiary/aromatic N) is 1. The fourth-order valence-corrected chi connectivity index (χ4v) is 2.11. The van der Waals surface area contributed by atoms with Gasteiger partial charge < -0.3 is 0 Å². The van der Waals surface area contributed by atoms with Gasteiger partial charge in [-0.2, -0.15) is 18.3 Å². The molecule has 0 aliphatic carbocycles. The molecule has 2 rings (SSSR count). The van der Waals surface area contributed by atoms with Gasteiger partial charge in [0.25, 0.3) is 0 Å². The first-order chi connectivity index (χ1) is 7.91. The molecule has 0 unspecified atom stereocenters. The van der Waals surface area contributed by atoms with Crippen molar-refractivity contribution in [2.24, 2.45) is 0 Å². The van der Waals surface area contributed by atoms with Crippen LogP contribution in [0, 0.1) is 6.92 Å². The number of benzene rings is 1. The molecule has 0 atom stereocenters. The zero-order chi connectivity index (χ0) is 12.6. The van der Waals surface area contributed by atoms with Crippen LogP contribution in [0.15, 0.2) is 28.7 Å². The number of nitrogens with one attached hydrogen (secondary N) is 1. The van der Waals surface area contributed by atoms with E-state index >= 15 is 0 Å². The van der Waals surface area contributed by atoms with Crippen molar-refractivity contribution >= 4 is 15.9 Å². The molecule has 1 aromatic carbocycles. The highest BCUT2D eigenvalue weighted by atomic mass is 79.9. The smallest absolute Gasteiger partial charge is 0.282 e. The van der Waals surface area contributed by atoms with Gasteiger partial charge >= 0.3 is 6.18 Å². The molecule has 90 valence electrons. The molecule has 1 N–H and O–H groups in total. The molecule has 0 fully saturated rings. The summed E-state index contributed by atoms with van der Waals surface area (Å²) in [6, 6.07) is 6.75. The van der Waals surface area contributed by atoms with E-state index in [2.05, 4.69) is 26.1 Å². The second-order valence-electron chi connectivity index (χ2n) is 3.55. The van der Waals surface area contributed by atoms with Gasteiger partial charge in [-0.05, 0) is 18.6 Å². The van der Waals surface area contributed by atoms with E-state index < -0.39 is 11.9 Å². The van der Waals surface area contributed by atoms with Crippen LogP contribution in [-0.4, -0.2) is 10.2 Å². The molecular weight excluding hydrogens is 297 g/mol. The average molecular weight is 305 g/mol. The summed E-state index contributed by atoms with van der Waals surface area (Å²) in [5.74, 6) is 0. The third-order valence-electron chi connectivity index (χ3n) is 2.36. The van der Waals surface area contributed by atoms with Crippen molar-refractivity contribution in [2.45, 2.75) is 13.1 Å². The van der Waals surface area contributed by atoms with Crippen LogP contribution >= 0.6 is 15.9 Å². The SMILES string of the molecule is Cc1[nH]nc(C(F)(F)F)c1-c1ccccc1Br. The number of halogens is 4. The predicted octanol–water partition coefficient (Wildman–Crippen LogP) is 4.17. The van der Waals surface area contributed by atoms with Gasteiger partial charge in [0.15, 0.2) is 5.69 Å². The molecule has 1 heterocycles. The minimum atomic E-state index is -4.46. The third kappa shape index (κ3) is 2.22. The molecule has 0 amide bonds. The van der Waals surface area contributed by atoms with Crippen molar-refractivity contribution in [2.75, 3.05) is 0 Å². The maximum Gasteiger partial charge on any atom is 0.435 e. The normalized spacial score (nSPS) is 11.8. The second kappa shape index (κ2) is 4.18. The summed E-state index contributed by atoms with van der Waals surface area (Å²) in [5.41, 5.74) is 0.0715. The Morgan fingerprint density at radius 2 is 1.88 bits per heavy atom. The maximum absolute atomic E-state index is 12.8. The van der Waals surface area contributed by atoms with Gasteiger partial charge in [-0.15, -0.1) is 0 Å². The molecule has 2 nitrogen and oxygen atoms in total. The lowest BCUT2D eigenvalue weighted by atomic mass is 10.0. The van der Waals surface area contributed by atoms with Crippen LogP contribution in [0.5, 0.6) is 0 Å². The van der Waals surface area contributed by atoms with Crippen molar-refractivity contribution in [3.63, 3.8) is 0 Å². The highest BCUT2D eigenvalue weighted by molar-refractivity contribution is 9.10. The van der Waals surface area contributed by atoms with Crippen LogP contribution in [0.4, 0.5) is 13.2 Å². The molecule has 0 radical (unpaired) electrons. The maximum atomic E-state index is 12.8. The van der Waals surface area contributed by atoms with Gasteiger partial charge in [0, 0.05) is 15.7 Å². The Kier molecular flexibility index (Phi) is 2.99. The molecule has 2 aromatic rings. The summed E-state index contributed by atoms with van der Waals surface area (Å²) in [6.45, 7) is 1.57. The van der Waals surface area contributed by atoms with Crippen molar-refractivity contribution in [1.29, 1.82) is 0 Å². The van der Waals surface area contributed by atoms with Crippen LogP contribution in [0.3, 0.4) is 0 Å². The van der Waals surface area contributed by atoms with Crippen LogP contribution < -0.4 is 0 Å². The highest BCUT2D eigenvalue weighted by Crippen LogP contribution is 2.39. The van der Waals surface area contributed by atoms with Gasteiger partial charge in [0.1, 0.15) is 0 Å². The first kappa shape index (κ1) is 12.2. The van der Waals surface area contributed by atoms with E-state index in [1.807, 2.05) is 0 Å². The lowest BCUT2D eigenvalue weighted by molar-refractivity contribution is -0.140. The molecule has 0 spiro atoms. The number of aromatic amines is 1. The molecule has 1 aromatic heterocycles. The molecule has 0 bridgehead atoms.